The lowest BCUT2D eigenvalue weighted by Crippen LogP contribution is -2.17. The van der Waals surface area contributed by atoms with Gasteiger partial charge in [0.25, 0.3) is 0 Å². The number of ether oxygens (including phenoxy) is 2. The van der Waals surface area contributed by atoms with Gasteiger partial charge in [0, 0.05) is 5.02 Å². The molecule has 0 atom stereocenters. The molecule has 3 nitrogen and oxygen atoms in total. The van der Waals surface area contributed by atoms with E-state index in [-0.39, 0.29) is 6.61 Å². The summed E-state index contributed by atoms with van der Waals surface area (Å²) in [6.45, 7) is -0.186. The highest BCUT2D eigenvalue weighted by Gasteiger charge is 2.10. The molecule has 3 aromatic carbocycles. The van der Waals surface area contributed by atoms with Crippen molar-refractivity contribution in [2.45, 2.75) is 0 Å². The van der Waals surface area contributed by atoms with Crippen molar-refractivity contribution in [1.82, 2.24) is 0 Å². The largest absolute Gasteiger partial charge is 0.482 e. The van der Waals surface area contributed by atoms with Gasteiger partial charge in [0.1, 0.15) is 11.5 Å². The highest BCUT2D eigenvalue weighted by Crippen LogP contribution is 2.30. The van der Waals surface area contributed by atoms with Gasteiger partial charge in [0.2, 0.25) is 0 Å². The monoisotopic (exact) mass is 416 g/mol. The third-order valence-electron chi connectivity index (χ3n) is 3.43. The molecule has 0 aliphatic carbocycles. The predicted octanol–water partition coefficient (Wildman–Crippen LogP) is 5.75. The van der Waals surface area contributed by atoms with Crippen LogP contribution in [0.1, 0.15) is 0 Å². The first-order valence-corrected chi connectivity index (χ1v) is 8.73. The number of hydrogen-bond acceptors (Lipinski definition) is 3. The van der Waals surface area contributed by atoms with Crippen molar-refractivity contribution in [2.24, 2.45) is 0 Å². The molecule has 5 heteroatoms. The maximum atomic E-state index is 12.0. The highest BCUT2D eigenvalue weighted by molar-refractivity contribution is 9.10. The normalized spacial score (nSPS) is 10.3. The van der Waals surface area contributed by atoms with Crippen LogP contribution in [-0.2, 0) is 4.79 Å². The molecule has 0 amide bonds. The number of benzene rings is 3. The molecule has 0 fully saturated rings. The summed E-state index contributed by atoms with van der Waals surface area (Å²) in [4.78, 5) is 12.0. The van der Waals surface area contributed by atoms with Gasteiger partial charge >= 0.3 is 5.97 Å². The Bertz CT molecular complexity index is 864. The van der Waals surface area contributed by atoms with Crippen molar-refractivity contribution in [3.63, 3.8) is 0 Å². The molecule has 0 heterocycles. The van der Waals surface area contributed by atoms with Crippen LogP contribution in [0.2, 0.25) is 5.02 Å². The van der Waals surface area contributed by atoms with Crippen molar-refractivity contribution >= 4 is 33.5 Å². The van der Waals surface area contributed by atoms with E-state index in [1.54, 1.807) is 30.3 Å². The van der Waals surface area contributed by atoms with Crippen molar-refractivity contribution in [1.29, 1.82) is 0 Å². The Labute approximate surface area is 159 Å². The van der Waals surface area contributed by atoms with E-state index in [1.165, 1.54) is 0 Å². The predicted molar refractivity (Wildman–Crippen MR) is 102 cm³/mol. The van der Waals surface area contributed by atoms with Gasteiger partial charge in [-0.2, -0.15) is 0 Å². The van der Waals surface area contributed by atoms with E-state index in [2.05, 4.69) is 15.9 Å². The summed E-state index contributed by atoms with van der Waals surface area (Å²) in [6.07, 6.45) is 0. The molecule has 0 N–H and O–H groups in total. The van der Waals surface area contributed by atoms with Gasteiger partial charge in [-0.3, -0.25) is 0 Å². The lowest BCUT2D eigenvalue weighted by Gasteiger charge is -2.09. The summed E-state index contributed by atoms with van der Waals surface area (Å²) < 4.78 is 11.4. The number of esters is 1. The number of carbonyl (C=O) groups is 1. The van der Waals surface area contributed by atoms with Gasteiger partial charge in [0.05, 0.1) is 4.47 Å². The van der Waals surface area contributed by atoms with E-state index >= 15 is 0 Å². The number of hydrogen-bond donors (Lipinski definition) is 0. The third-order valence-corrected chi connectivity index (χ3v) is 4.30. The fourth-order valence-corrected chi connectivity index (χ4v) is 2.80. The molecule has 0 saturated carbocycles. The Balaban J connectivity index is 1.62. The highest BCUT2D eigenvalue weighted by atomic mass is 79.9. The quantitative estimate of drug-likeness (QED) is 0.391. The van der Waals surface area contributed by atoms with Crippen LogP contribution in [0.5, 0.6) is 11.5 Å². The van der Waals surface area contributed by atoms with Crippen molar-refractivity contribution in [2.75, 3.05) is 6.61 Å². The van der Waals surface area contributed by atoms with Crippen LogP contribution >= 0.6 is 27.5 Å². The Morgan fingerprint density at radius 1 is 0.920 bits per heavy atom. The van der Waals surface area contributed by atoms with Crippen molar-refractivity contribution in [3.05, 3.63) is 82.3 Å². The minimum atomic E-state index is -0.483. The minimum absolute atomic E-state index is 0.186. The molecule has 3 aromatic rings. The molecule has 0 aliphatic rings. The first kappa shape index (κ1) is 17.5. The molecule has 0 bridgehead atoms. The zero-order chi connectivity index (χ0) is 17.6. The van der Waals surface area contributed by atoms with Crippen LogP contribution in [0.15, 0.2) is 77.3 Å². The van der Waals surface area contributed by atoms with E-state index in [0.29, 0.717) is 21.0 Å². The van der Waals surface area contributed by atoms with Crippen LogP contribution in [0.3, 0.4) is 0 Å². The number of carbonyl (C=O) groups excluding carboxylic acids is 1. The first-order chi connectivity index (χ1) is 12.1. The maximum Gasteiger partial charge on any atom is 0.349 e. The van der Waals surface area contributed by atoms with Crippen molar-refractivity contribution in [3.8, 4) is 22.6 Å². The van der Waals surface area contributed by atoms with Crippen LogP contribution in [0, 0.1) is 0 Å². The van der Waals surface area contributed by atoms with Crippen molar-refractivity contribution < 1.29 is 14.3 Å². The first-order valence-electron chi connectivity index (χ1n) is 7.56. The molecule has 0 saturated heterocycles. The van der Waals surface area contributed by atoms with Gasteiger partial charge in [-0.1, -0.05) is 48.0 Å². The van der Waals surface area contributed by atoms with Crippen LogP contribution in [-0.4, -0.2) is 12.6 Å². The molecule has 3 rings (SSSR count). The molecular formula is C20H14BrClO3. The fourth-order valence-electron chi connectivity index (χ4n) is 2.22. The summed E-state index contributed by atoms with van der Waals surface area (Å²) in [5.41, 5.74) is 2.12. The Morgan fingerprint density at radius 3 is 2.32 bits per heavy atom. The summed E-state index contributed by atoms with van der Waals surface area (Å²) >= 11 is 9.25. The summed E-state index contributed by atoms with van der Waals surface area (Å²) in [5.74, 6) is 0.521. The maximum absolute atomic E-state index is 12.0. The summed E-state index contributed by atoms with van der Waals surface area (Å²) in [7, 11) is 0. The summed E-state index contributed by atoms with van der Waals surface area (Å²) in [5, 5.41) is 0.609. The van der Waals surface area contributed by atoms with Gasteiger partial charge in [-0.05, 0) is 63.5 Å². The summed E-state index contributed by atoms with van der Waals surface area (Å²) in [6, 6.07) is 22.3. The van der Waals surface area contributed by atoms with Crippen LogP contribution in [0.25, 0.3) is 11.1 Å². The SMILES string of the molecule is O=C(COc1ccc(Cl)cc1)Oc1ccc(-c2ccccc2)cc1Br. The second kappa shape index (κ2) is 8.19. The molecular weight excluding hydrogens is 404 g/mol. The molecule has 0 radical (unpaired) electrons. The lowest BCUT2D eigenvalue weighted by molar-refractivity contribution is -0.136. The van der Waals surface area contributed by atoms with E-state index in [0.717, 1.165) is 11.1 Å². The molecule has 0 aliphatic heterocycles. The zero-order valence-corrected chi connectivity index (χ0v) is 15.5. The van der Waals surface area contributed by atoms with Gasteiger partial charge in [0.15, 0.2) is 6.61 Å². The number of halogens is 2. The second-order valence-corrected chi connectivity index (χ2v) is 6.52. The molecule has 25 heavy (non-hydrogen) atoms. The van der Waals surface area contributed by atoms with E-state index < -0.39 is 5.97 Å². The molecule has 0 spiro atoms. The van der Waals surface area contributed by atoms with Gasteiger partial charge in [-0.15, -0.1) is 0 Å². The topological polar surface area (TPSA) is 35.5 Å². The minimum Gasteiger partial charge on any atom is -0.482 e. The van der Waals surface area contributed by atoms with E-state index in [9.17, 15) is 4.79 Å². The van der Waals surface area contributed by atoms with Crippen LogP contribution in [0.4, 0.5) is 0 Å². The lowest BCUT2D eigenvalue weighted by atomic mass is 10.1. The second-order valence-electron chi connectivity index (χ2n) is 5.23. The fraction of sp³-hybridized carbons (Fsp3) is 0.0500. The molecule has 0 unspecified atom stereocenters. The van der Waals surface area contributed by atoms with Gasteiger partial charge < -0.3 is 9.47 Å². The average molecular weight is 418 g/mol. The Hall–Kier alpha value is -2.30. The zero-order valence-electron chi connectivity index (χ0n) is 13.1. The standard InChI is InChI=1S/C20H14BrClO3/c21-18-12-15(14-4-2-1-3-5-14)6-11-19(18)25-20(23)13-24-17-9-7-16(22)8-10-17/h1-12H,13H2. The van der Waals surface area contributed by atoms with Gasteiger partial charge in [-0.25, -0.2) is 4.79 Å². The molecule has 0 aromatic heterocycles. The average Bonchev–Trinajstić information content (AvgIpc) is 2.64. The van der Waals surface area contributed by atoms with E-state index in [1.807, 2.05) is 42.5 Å². The Morgan fingerprint density at radius 2 is 1.64 bits per heavy atom. The third kappa shape index (κ3) is 4.84. The molecule has 126 valence electrons. The van der Waals surface area contributed by atoms with E-state index in [4.69, 9.17) is 21.1 Å². The van der Waals surface area contributed by atoms with Crippen LogP contribution < -0.4 is 9.47 Å². The smallest absolute Gasteiger partial charge is 0.349 e. The number of rotatable bonds is 5. The Kier molecular flexibility index (Phi) is 5.74.